The number of aromatic nitrogens is 5. The molecule has 5 nitrogen and oxygen atoms in total. The normalized spacial score (nSPS) is 12.5. The zero-order valence-corrected chi connectivity index (χ0v) is 33.9. The van der Waals surface area contributed by atoms with Gasteiger partial charge < -0.3 is 8.97 Å². The number of benzene rings is 9. The second kappa shape index (κ2) is 11.8. The minimum atomic E-state index is 0.704. The number of thiophene rings is 1. The van der Waals surface area contributed by atoms with Gasteiger partial charge in [0.1, 0.15) is 4.83 Å². The van der Waals surface area contributed by atoms with Gasteiger partial charge in [-0.15, -0.1) is 11.3 Å². The monoisotopic (exact) mass is 805 g/mol. The first-order valence-corrected chi connectivity index (χ1v) is 21.9. The van der Waals surface area contributed by atoms with Crippen molar-refractivity contribution in [1.82, 2.24) is 23.5 Å². The fourth-order valence-electron chi connectivity index (χ4n) is 10.9. The Hall–Kier alpha value is -8.06. The summed E-state index contributed by atoms with van der Waals surface area (Å²) < 4.78 is 8.51. The molecule has 286 valence electrons. The third-order valence-electron chi connectivity index (χ3n) is 13.4. The first-order valence-electron chi connectivity index (χ1n) is 21.1. The Bertz CT molecular complexity index is 4390. The molecule has 15 rings (SSSR count). The molecular weight excluding hydrogens is 775 g/mol. The maximum atomic E-state index is 5.74. The maximum absolute atomic E-state index is 5.74. The second-order valence-electron chi connectivity index (χ2n) is 16.5. The molecule has 6 heteroatoms. The number of hydrogen-bond acceptors (Lipinski definition) is 3. The molecule has 0 radical (unpaired) electrons. The summed E-state index contributed by atoms with van der Waals surface area (Å²) in [6, 6.07) is 68.4. The van der Waals surface area contributed by atoms with Gasteiger partial charge in [-0.2, -0.15) is 0 Å². The van der Waals surface area contributed by atoms with E-state index in [0.717, 1.165) is 49.2 Å². The van der Waals surface area contributed by atoms with E-state index in [1.165, 1.54) is 80.6 Å². The van der Waals surface area contributed by atoms with Gasteiger partial charge in [0.15, 0.2) is 11.6 Å². The van der Waals surface area contributed by atoms with Crippen molar-refractivity contribution in [2.45, 2.75) is 0 Å². The Balaban J connectivity index is 1.11. The molecule has 0 atom stereocenters. The van der Waals surface area contributed by atoms with E-state index < -0.39 is 0 Å². The van der Waals surface area contributed by atoms with Crippen LogP contribution < -0.4 is 0 Å². The minimum absolute atomic E-state index is 0.704. The number of rotatable bonds is 3. The van der Waals surface area contributed by atoms with Gasteiger partial charge in [0.25, 0.3) is 0 Å². The van der Waals surface area contributed by atoms with Crippen LogP contribution in [-0.2, 0) is 0 Å². The Morgan fingerprint density at radius 1 is 0.371 bits per heavy atom. The lowest BCUT2D eigenvalue weighted by Gasteiger charge is -2.12. The number of fused-ring (bicyclic) bond motifs is 18. The predicted octanol–water partition coefficient (Wildman–Crippen LogP) is 15.0. The molecule has 0 saturated heterocycles. The first-order chi connectivity index (χ1) is 30.8. The smallest absolute Gasteiger partial charge is 0.163 e. The molecule has 0 bridgehead atoms. The van der Waals surface area contributed by atoms with E-state index in [1.807, 2.05) is 0 Å². The highest BCUT2D eigenvalue weighted by Crippen LogP contribution is 2.49. The van der Waals surface area contributed by atoms with Crippen LogP contribution in [0.4, 0.5) is 0 Å². The summed E-state index contributed by atoms with van der Waals surface area (Å²) in [6.07, 6.45) is 0. The van der Waals surface area contributed by atoms with E-state index in [0.29, 0.717) is 5.82 Å². The van der Waals surface area contributed by atoms with Gasteiger partial charge in [-0.1, -0.05) is 133 Å². The number of nitrogens with zero attached hydrogens (tertiary/aromatic N) is 5. The quantitative estimate of drug-likeness (QED) is 0.178. The molecule has 0 aliphatic carbocycles. The van der Waals surface area contributed by atoms with E-state index >= 15 is 0 Å². The van der Waals surface area contributed by atoms with Gasteiger partial charge in [-0.3, -0.25) is 4.57 Å². The van der Waals surface area contributed by atoms with Gasteiger partial charge >= 0.3 is 0 Å². The third-order valence-corrected chi connectivity index (χ3v) is 14.4. The molecule has 15 aromatic rings. The van der Waals surface area contributed by atoms with Crippen molar-refractivity contribution in [2.75, 3.05) is 0 Å². The van der Waals surface area contributed by atoms with Crippen LogP contribution in [0.5, 0.6) is 0 Å². The van der Waals surface area contributed by atoms with E-state index in [1.54, 1.807) is 11.3 Å². The summed E-state index contributed by atoms with van der Waals surface area (Å²) in [5, 5.41) is 14.7. The average molecular weight is 806 g/mol. The average Bonchev–Trinajstić information content (AvgIpc) is 4.13. The Morgan fingerprint density at radius 2 is 1.02 bits per heavy atom. The van der Waals surface area contributed by atoms with E-state index in [2.05, 4.69) is 202 Å². The predicted molar refractivity (Wildman–Crippen MR) is 261 cm³/mol. The van der Waals surface area contributed by atoms with Crippen molar-refractivity contribution >= 4 is 124 Å². The maximum Gasteiger partial charge on any atom is 0.163 e. The van der Waals surface area contributed by atoms with Gasteiger partial charge in [0.05, 0.1) is 44.0 Å². The van der Waals surface area contributed by atoms with Gasteiger partial charge in [-0.05, 0) is 65.4 Å². The molecule has 0 amide bonds. The van der Waals surface area contributed by atoms with Crippen LogP contribution in [0.15, 0.2) is 188 Å². The van der Waals surface area contributed by atoms with Crippen molar-refractivity contribution in [3.8, 4) is 22.9 Å². The highest BCUT2D eigenvalue weighted by molar-refractivity contribution is 7.25. The fraction of sp³-hybridized carbons (Fsp3) is 0. The van der Waals surface area contributed by atoms with Crippen LogP contribution in [0.25, 0.3) is 136 Å². The molecule has 0 spiro atoms. The molecule has 0 N–H and O–H groups in total. The lowest BCUT2D eigenvalue weighted by molar-refractivity contribution is 1.08. The molecule has 0 saturated carbocycles. The van der Waals surface area contributed by atoms with Crippen molar-refractivity contribution in [3.05, 3.63) is 188 Å². The SMILES string of the molecule is c1ccc(-n2c3ccccc3c3ccc(-c4nc(-n5c6ccccc6c6c7c8c9ccccc9ccc8n8c9ccccc9c(cc65)c78)c5c(n4)sc4ccccc45)cc32)cc1. The van der Waals surface area contributed by atoms with Crippen LogP contribution in [-0.4, -0.2) is 23.5 Å². The van der Waals surface area contributed by atoms with Crippen molar-refractivity contribution in [3.63, 3.8) is 0 Å². The van der Waals surface area contributed by atoms with Crippen LogP contribution in [0.1, 0.15) is 0 Å². The molecule has 0 aliphatic heterocycles. The van der Waals surface area contributed by atoms with Gasteiger partial charge in [0, 0.05) is 64.4 Å². The molecule has 6 aromatic heterocycles. The van der Waals surface area contributed by atoms with Crippen LogP contribution in [0.2, 0.25) is 0 Å². The van der Waals surface area contributed by atoms with Crippen molar-refractivity contribution in [1.29, 1.82) is 0 Å². The minimum Gasteiger partial charge on any atom is -0.309 e. The molecule has 62 heavy (non-hydrogen) atoms. The molecule has 0 fully saturated rings. The summed E-state index contributed by atoms with van der Waals surface area (Å²) in [5.41, 5.74) is 10.4. The van der Waals surface area contributed by atoms with Gasteiger partial charge in [-0.25, -0.2) is 9.97 Å². The lowest BCUT2D eigenvalue weighted by atomic mass is 9.98. The zero-order chi connectivity index (χ0) is 40.2. The topological polar surface area (TPSA) is 40.0 Å². The summed E-state index contributed by atoms with van der Waals surface area (Å²) >= 11 is 1.74. The third kappa shape index (κ3) is 4.12. The van der Waals surface area contributed by atoms with E-state index in [4.69, 9.17) is 9.97 Å². The van der Waals surface area contributed by atoms with Gasteiger partial charge in [0.2, 0.25) is 0 Å². The summed E-state index contributed by atoms with van der Waals surface area (Å²) in [7, 11) is 0. The van der Waals surface area contributed by atoms with E-state index in [9.17, 15) is 0 Å². The summed E-state index contributed by atoms with van der Waals surface area (Å²) in [4.78, 5) is 12.2. The van der Waals surface area contributed by atoms with Crippen LogP contribution in [0, 0.1) is 0 Å². The Morgan fingerprint density at radius 3 is 1.85 bits per heavy atom. The molecule has 9 aromatic carbocycles. The summed E-state index contributed by atoms with van der Waals surface area (Å²) in [5.74, 6) is 1.60. The highest BCUT2D eigenvalue weighted by atomic mass is 32.1. The van der Waals surface area contributed by atoms with Crippen LogP contribution in [0.3, 0.4) is 0 Å². The Kier molecular flexibility index (Phi) is 6.24. The molecule has 6 heterocycles. The molecule has 0 aliphatic rings. The van der Waals surface area contributed by atoms with Crippen molar-refractivity contribution in [2.24, 2.45) is 0 Å². The molecular formula is C56H31N5S. The van der Waals surface area contributed by atoms with Crippen LogP contribution >= 0.6 is 11.3 Å². The van der Waals surface area contributed by atoms with Crippen molar-refractivity contribution < 1.29 is 0 Å². The second-order valence-corrected chi connectivity index (χ2v) is 17.5. The largest absolute Gasteiger partial charge is 0.309 e. The lowest BCUT2D eigenvalue weighted by Crippen LogP contribution is -2.02. The zero-order valence-electron chi connectivity index (χ0n) is 33.0. The number of para-hydroxylation sites is 4. The Labute approximate surface area is 356 Å². The standard InChI is InChI=1S/C56H31N5S/c1-2-15-34(16-3-1)59-42-22-10-6-18-36(42)38-28-26-33(30-46(38)59)54-57-55(51-40-21-9-13-25-48(40)62-56(51)58-54)61-44-24-12-8-20-39(44)50-47(61)31-41-37-19-7-11-23-43(37)60-45-29-27-32-14-4-5-17-35(32)49(45)52(50)53(41)60/h1-31H. The first kappa shape index (κ1) is 32.8. The fourth-order valence-corrected chi connectivity index (χ4v) is 11.9. The summed E-state index contributed by atoms with van der Waals surface area (Å²) in [6.45, 7) is 0. The van der Waals surface area contributed by atoms with E-state index in [-0.39, 0.29) is 0 Å². The molecule has 0 unspecified atom stereocenters. The highest BCUT2D eigenvalue weighted by Gasteiger charge is 2.27. The number of hydrogen-bond donors (Lipinski definition) is 0.